The van der Waals surface area contributed by atoms with Crippen molar-refractivity contribution in [1.29, 1.82) is 0 Å². The Balaban J connectivity index is 2.58. The molecule has 2 rings (SSSR count). The predicted molar refractivity (Wildman–Crippen MR) is 56.9 cm³/mol. The van der Waals surface area contributed by atoms with E-state index in [-0.39, 0.29) is 0 Å². The minimum Gasteiger partial charge on any atom is -0.394 e. The molecule has 0 unspecified atom stereocenters. The van der Waals surface area contributed by atoms with Crippen LogP contribution in [0.2, 0.25) is 5.15 Å². The van der Waals surface area contributed by atoms with Crippen molar-refractivity contribution >= 4 is 17.3 Å². The smallest absolute Gasteiger partial charge is 0.155 e. The Morgan fingerprint density at radius 2 is 1.79 bits per heavy atom. The summed E-state index contributed by atoms with van der Waals surface area (Å²) in [6.07, 6.45) is 1.40. The largest absolute Gasteiger partial charge is 0.394 e. The first-order chi connectivity index (χ1) is 6.79. The molecule has 3 nitrogen and oxygen atoms in total. The van der Waals surface area contributed by atoms with E-state index >= 15 is 0 Å². The van der Waals surface area contributed by atoms with E-state index in [1.165, 1.54) is 6.33 Å². The van der Waals surface area contributed by atoms with E-state index in [0.29, 0.717) is 16.5 Å². The third kappa shape index (κ3) is 1.54. The average Bonchev–Trinajstić information content (AvgIpc) is 2.23. The molecule has 0 atom stereocenters. The molecule has 2 N–H and O–H groups in total. The molecule has 70 valence electrons. The molecule has 1 heterocycles. The van der Waals surface area contributed by atoms with Gasteiger partial charge in [-0.1, -0.05) is 41.9 Å². The molecular weight excluding hydrogens is 198 g/mol. The van der Waals surface area contributed by atoms with Crippen LogP contribution in [0.1, 0.15) is 0 Å². The van der Waals surface area contributed by atoms with Gasteiger partial charge in [0.1, 0.15) is 6.33 Å². The van der Waals surface area contributed by atoms with Gasteiger partial charge in [-0.15, -0.1) is 0 Å². The van der Waals surface area contributed by atoms with Crippen molar-refractivity contribution in [3.05, 3.63) is 41.8 Å². The second kappa shape index (κ2) is 3.64. The van der Waals surface area contributed by atoms with Crippen molar-refractivity contribution in [1.82, 2.24) is 9.97 Å². The molecule has 4 heteroatoms. The summed E-state index contributed by atoms with van der Waals surface area (Å²) < 4.78 is 0. The molecule has 0 amide bonds. The molecule has 0 saturated heterocycles. The first-order valence-corrected chi connectivity index (χ1v) is 4.48. The van der Waals surface area contributed by atoms with Gasteiger partial charge in [0.15, 0.2) is 5.15 Å². The molecule has 0 saturated carbocycles. The first kappa shape index (κ1) is 8.97. The van der Waals surface area contributed by atoms with E-state index in [4.69, 9.17) is 17.3 Å². The van der Waals surface area contributed by atoms with Crippen LogP contribution in [0.15, 0.2) is 36.7 Å². The third-order valence-corrected chi connectivity index (χ3v) is 2.18. The van der Waals surface area contributed by atoms with Gasteiger partial charge in [-0.3, -0.25) is 0 Å². The topological polar surface area (TPSA) is 51.8 Å². The molecule has 0 radical (unpaired) electrons. The van der Waals surface area contributed by atoms with Crippen molar-refractivity contribution in [3.63, 3.8) is 0 Å². The number of hydrogen-bond acceptors (Lipinski definition) is 3. The van der Waals surface area contributed by atoms with Crippen LogP contribution in [0.4, 0.5) is 5.69 Å². The van der Waals surface area contributed by atoms with Crippen LogP contribution in [0, 0.1) is 0 Å². The molecule has 0 aliphatic heterocycles. The molecular formula is C10H8ClN3. The number of nitrogens with zero attached hydrogens (tertiary/aromatic N) is 2. The van der Waals surface area contributed by atoms with Gasteiger partial charge in [0.05, 0.1) is 11.4 Å². The number of nitrogen functional groups attached to an aromatic ring is 1. The zero-order valence-corrected chi connectivity index (χ0v) is 8.07. The maximum absolute atomic E-state index is 5.79. The van der Waals surface area contributed by atoms with E-state index < -0.39 is 0 Å². The minimum atomic E-state index is 0.291. The minimum absolute atomic E-state index is 0.291. The lowest BCUT2D eigenvalue weighted by Crippen LogP contribution is -1.96. The molecule has 0 aliphatic rings. The van der Waals surface area contributed by atoms with Crippen LogP contribution >= 0.6 is 11.6 Å². The summed E-state index contributed by atoms with van der Waals surface area (Å²) in [7, 11) is 0. The van der Waals surface area contributed by atoms with Gasteiger partial charge >= 0.3 is 0 Å². The Morgan fingerprint density at radius 3 is 2.50 bits per heavy atom. The lowest BCUT2D eigenvalue weighted by atomic mass is 10.1. The highest BCUT2D eigenvalue weighted by Gasteiger charge is 2.06. The van der Waals surface area contributed by atoms with Gasteiger partial charge in [0.25, 0.3) is 0 Å². The van der Waals surface area contributed by atoms with Gasteiger partial charge in [-0.25, -0.2) is 9.97 Å². The van der Waals surface area contributed by atoms with Crippen molar-refractivity contribution in [2.75, 3.05) is 5.73 Å². The lowest BCUT2D eigenvalue weighted by Gasteiger charge is -2.04. The van der Waals surface area contributed by atoms with Crippen LogP contribution < -0.4 is 5.73 Å². The van der Waals surface area contributed by atoms with E-state index in [1.54, 1.807) is 0 Å². The molecule has 0 spiro atoms. The number of anilines is 1. The number of aromatic nitrogens is 2. The zero-order chi connectivity index (χ0) is 9.97. The van der Waals surface area contributed by atoms with Gasteiger partial charge in [0.2, 0.25) is 0 Å². The highest BCUT2D eigenvalue weighted by atomic mass is 35.5. The normalized spacial score (nSPS) is 10.1. The first-order valence-electron chi connectivity index (χ1n) is 4.10. The summed E-state index contributed by atoms with van der Waals surface area (Å²) >= 11 is 5.79. The van der Waals surface area contributed by atoms with Crippen LogP contribution in [-0.4, -0.2) is 9.97 Å². The van der Waals surface area contributed by atoms with Crippen molar-refractivity contribution < 1.29 is 0 Å². The van der Waals surface area contributed by atoms with Crippen molar-refractivity contribution in [2.45, 2.75) is 0 Å². The number of halogens is 1. The van der Waals surface area contributed by atoms with E-state index in [1.807, 2.05) is 30.3 Å². The summed E-state index contributed by atoms with van der Waals surface area (Å²) in [6, 6.07) is 9.63. The molecule has 0 bridgehead atoms. The molecule has 14 heavy (non-hydrogen) atoms. The van der Waals surface area contributed by atoms with Crippen LogP contribution in [0.5, 0.6) is 0 Å². The Bertz CT molecular complexity index is 442. The predicted octanol–water partition coefficient (Wildman–Crippen LogP) is 2.38. The van der Waals surface area contributed by atoms with Crippen LogP contribution in [0.25, 0.3) is 11.3 Å². The number of benzene rings is 1. The van der Waals surface area contributed by atoms with Crippen LogP contribution in [0.3, 0.4) is 0 Å². The SMILES string of the molecule is Nc1c(Cl)ncnc1-c1ccccc1. The monoisotopic (exact) mass is 205 g/mol. The van der Waals surface area contributed by atoms with Gasteiger partial charge in [-0.05, 0) is 0 Å². The summed E-state index contributed by atoms with van der Waals surface area (Å²) in [5.74, 6) is 0. The zero-order valence-electron chi connectivity index (χ0n) is 7.31. The van der Waals surface area contributed by atoms with Gasteiger partial charge in [0, 0.05) is 5.56 Å². The summed E-state index contributed by atoms with van der Waals surface area (Å²) in [6.45, 7) is 0. The molecule has 0 aliphatic carbocycles. The Labute approximate surface area is 86.6 Å². The maximum Gasteiger partial charge on any atom is 0.155 e. The number of hydrogen-bond donors (Lipinski definition) is 1. The summed E-state index contributed by atoms with van der Waals surface area (Å²) in [5.41, 5.74) is 7.79. The fraction of sp³-hybridized carbons (Fsp3) is 0. The quantitative estimate of drug-likeness (QED) is 0.728. The van der Waals surface area contributed by atoms with Crippen LogP contribution in [-0.2, 0) is 0 Å². The second-order valence-corrected chi connectivity index (χ2v) is 3.15. The summed E-state index contributed by atoms with van der Waals surface area (Å²) in [5, 5.41) is 0.291. The van der Waals surface area contributed by atoms with E-state index in [2.05, 4.69) is 9.97 Å². The highest BCUT2D eigenvalue weighted by Crippen LogP contribution is 2.26. The fourth-order valence-electron chi connectivity index (χ4n) is 1.20. The number of rotatable bonds is 1. The van der Waals surface area contributed by atoms with Crippen molar-refractivity contribution in [3.8, 4) is 11.3 Å². The molecule has 0 fully saturated rings. The second-order valence-electron chi connectivity index (χ2n) is 2.79. The van der Waals surface area contributed by atoms with Gasteiger partial charge < -0.3 is 5.73 Å². The average molecular weight is 206 g/mol. The molecule has 2 aromatic rings. The highest BCUT2D eigenvalue weighted by molar-refractivity contribution is 6.32. The Morgan fingerprint density at radius 1 is 1.07 bits per heavy atom. The Kier molecular flexibility index (Phi) is 2.33. The van der Waals surface area contributed by atoms with E-state index in [9.17, 15) is 0 Å². The van der Waals surface area contributed by atoms with Crippen molar-refractivity contribution in [2.24, 2.45) is 0 Å². The standard InChI is InChI=1S/C10H8ClN3/c11-10-8(12)9(13-6-14-10)7-4-2-1-3-5-7/h1-6H,12H2. The molecule has 1 aromatic carbocycles. The summed E-state index contributed by atoms with van der Waals surface area (Å²) in [4.78, 5) is 7.88. The molecule has 1 aromatic heterocycles. The lowest BCUT2D eigenvalue weighted by molar-refractivity contribution is 1.18. The maximum atomic E-state index is 5.79. The van der Waals surface area contributed by atoms with Gasteiger partial charge in [-0.2, -0.15) is 0 Å². The number of nitrogens with two attached hydrogens (primary N) is 1. The Hall–Kier alpha value is -1.61. The van der Waals surface area contributed by atoms with E-state index in [0.717, 1.165) is 5.56 Å². The third-order valence-electron chi connectivity index (χ3n) is 1.88. The fourth-order valence-corrected chi connectivity index (χ4v) is 1.33.